The van der Waals surface area contributed by atoms with E-state index < -0.39 is 5.41 Å². The SMILES string of the molecule is Cn1c2ccccc2c2cc(-c3cccc4c(-c5cccc6c5-c5ccccc5C65c6ccccc6-c6ccc7ccccc7c65)c5cccc(-c6ccc7c(c6)c6ccccc6n7C)c5cc34)ccc21. The zero-order valence-electron chi connectivity index (χ0n) is 39.3. The molecule has 0 saturated heterocycles. The Balaban J connectivity index is 1.04. The summed E-state index contributed by atoms with van der Waals surface area (Å²) in [5.41, 5.74) is 22.6. The summed E-state index contributed by atoms with van der Waals surface area (Å²) in [6.07, 6.45) is 0. The number of para-hydroxylation sites is 2. The lowest BCUT2D eigenvalue weighted by molar-refractivity contribution is 0.801. The average molecular weight is 901 g/mol. The van der Waals surface area contributed by atoms with Crippen molar-refractivity contribution in [2.45, 2.75) is 5.41 Å². The molecule has 0 saturated carbocycles. The predicted octanol–water partition coefficient (Wildman–Crippen LogP) is 17.8. The molecule has 0 amide bonds. The summed E-state index contributed by atoms with van der Waals surface area (Å²) in [5, 5.41) is 12.7. The molecule has 1 atom stereocenters. The highest BCUT2D eigenvalue weighted by molar-refractivity contribution is 6.22. The van der Waals surface area contributed by atoms with Crippen LogP contribution in [0, 0.1) is 0 Å². The van der Waals surface area contributed by atoms with Crippen molar-refractivity contribution in [3.63, 3.8) is 0 Å². The minimum absolute atomic E-state index is 0.507. The van der Waals surface area contributed by atoms with E-state index in [9.17, 15) is 0 Å². The summed E-state index contributed by atoms with van der Waals surface area (Å²) in [7, 11) is 4.37. The van der Waals surface area contributed by atoms with Crippen molar-refractivity contribution in [2.75, 3.05) is 0 Å². The molecule has 71 heavy (non-hydrogen) atoms. The van der Waals surface area contributed by atoms with Crippen LogP contribution in [0.15, 0.2) is 231 Å². The number of aryl methyl sites for hydroxylation is 2. The number of hydrogen-bond acceptors (Lipinski definition) is 0. The molecule has 0 bridgehead atoms. The predicted molar refractivity (Wildman–Crippen MR) is 300 cm³/mol. The normalized spacial score (nSPS) is 14.7. The number of fused-ring (bicyclic) bond motifs is 20. The van der Waals surface area contributed by atoms with E-state index in [1.807, 2.05) is 0 Å². The molecule has 16 rings (SSSR count). The molecule has 2 heteroatoms. The second-order valence-corrected chi connectivity index (χ2v) is 19.9. The first-order valence-corrected chi connectivity index (χ1v) is 24.9. The molecule has 0 aliphatic heterocycles. The van der Waals surface area contributed by atoms with Crippen LogP contribution in [0.3, 0.4) is 0 Å². The molecular formula is C69H44N2. The zero-order chi connectivity index (χ0) is 46.7. The summed E-state index contributed by atoms with van der Waals surface area (Å²) in [6, 6.07) is 87.6. The first-order chi connectivity index (χ1) is 35.1. The quantitative estimate of drug-likeness (QED) is 0.156. The van der Waals surface area contributed by atoms with Crippen LogP contribution in [-0.4, -0.2) is 9.13 Å². The number of rotatable bonds is 3. The highest BCUT2D eigenvalue weighted by atomic mass is 14.9. The van der Waals surface area contributed by atoms with Crippen LogP contribution in [0.4, 0.5) is 0 Å². The standard InChI is InChI=1S/C69H44N2/c1-70-62-30-11-7-19-48(62)57-38-42(33-36-64(57)70)44-22-13-24-50-55(44)40-56-45(43-34-37-65-58(39-43)49-20-8-12-31-63(49)71(65)2)23-14-25-51(56)66(50)54-26-15-29-61-67(54)53-21-6-10-28-60(53)69(61)59-27-9-5-18-47(59)52-35-32-41-16-3-4-17-46(41)68(52)69/h3-40H,1-2H3. The van der Waals surface area contributed by atoms with Crippen LogP contribution < -0.4 is 0 Å². The van der Waals surface area contributed by atoms with Crippen molar-refractivity contribution in [1.29, 1.82) is 0 Å². The van der Waals surface area contributed by atoms with Gasteiger partial charge in [0.05, 0.1) is 5.41 Å². The highest BCUT2D eigenvalue weighted by Gasteiger charge is 2.53. The monoisotopic (exact) mass is 900 g/mol. The maximum Gasteiger partial charge on any atom is 0.0731 e. The Morgan fingerprint density at radius 1 is 0.268 bits per heavy atom. The number of hydrogen-bond donors (Lipinski definition) is 0. The van der Waals surface area contributed by atoms with E-state index in [-0.39, 0.29) is 0 Å². The van der Waals surface area contributed by atoms with Crippen molar-refractivity contribution >= 4 is 75.9 Å². The van der Waals surface area contributed by atoms with Crippen LogP contribution in [0.1, 0.15) is 22.3 Å². The Labute approximate surface area is 410 Å². The Morgan fingerprint density at radius 3 is 1.38 bits per heavy atom. The fourth-order valence-corrected chi connectivity index (χ4v) is 13.8. The third-order valence-electron chi connectivity index (χ3n) is 16.8. The van der Waals surface area contributed by atoms with Gasteiger partial charge in [-0.3, -0.25) is 0 Å². The van der Waals surface area contributed by atoms with E-state index in [1.54, 1.807) is 0 Å². The Kier molecular flexibility index (Phi) is 7.71. The molecule has 1 spiro atoms. The fourth-order valence-electron chi connectivity index (χ4n) is 13.8. The Morgan fingerprint density at radius 2 is 0.732 bits per heavy atom. The minimum Gasteiger partial charge on any atom is -0.344 e. The molecule has 2 aliphatic rings. The van der Waals surface area contributed by atoms with E-state index in [2.05, 4.69) is 254 Å². The lowest BCUT2D eigenvalue weighted by Gasteiger charge is -2.31. The molecule has 330 valence electrons. The summed E-state index contributed by atoms with van der Waals surface area (Å²) < 4.78 is 4.65. The second-order valence-electron chi connectivity index (χ2n) is 19.9. The number of benzene rings is 12. The molecule has 2 nitrogen and oxygen atoms in total. The van der Waals surface area contributed by atoms with E-state index >= 15 is 0 Å². The molecule has 14 aromatic rings. The smallest absolute Gasteiger partial charge is 0.0731 e. The van der Waals surface area contributed by atoms with Gasteiger partial charge in [-0.1, -0.05) is 188 Å². The topological polar surface area (TPSA) is 9.86 Å². The Bertz CT molecular complexity index is 4500. The number of aromatic nitrogens is 2. The second kappa shape index (κ2) is 14.1. The van der Waals surface area contributed by atoms with Gasteiger partial charge in [0.25, 0.3) is 0 Å². The third-order valence-corrected chi connectivity index (χ3v) is 16.8. The van der Waals surface area contributed by atoms with Gasteiger partial charge in [0, 0.05) is 57.7 Å². The van der Waals surface area contributed by atoms with Gasteiger partial charge < -0.3 is 9.13 Å². The maximum atomic E-state index is 2.51. The summed E-state index contributed by atoms with van der Waals surface area (Å²) in [4.78, 5) is 0. The first kappa shape index (κ1) is 38.9. The summed E-state index contributed by atoms with van der Waals surface area (Å²) in [5.74, 6) is 0. The van der Waals surface area contributed by atoms with Gasteiger partial charge in [-0.15, -0.1) is 0 Å². The molecule has 2 aromatic heterocycles. The van der Waals surface area contributed by atoms with Crippen molar-refractivity contribution in [3.8, 4) is 55.6 Å². The van der Waals surface area contributed by atoms with Crippen LogP contribution in [0.25, 0.3) is 132 Å². The zero-order valence-corrected chi connectivity index (χ0v) is 39.3. The first-order valence-electron chi connectivity index (χ1n) is 24.9. The molecule has 0 fully saturated rings. The van der Waals surface area contributed by atoms with E-state index in [1.165, 1.54) is 154 Å². The molecular weight excluding hydrogens is 857 g/mol. The van der Waals surface area contributed by atoms with Gasteiger partial charge in [0.1, 0.15) is 0 Å². The largest absolute Gasteiger partial charge is 0.344 e. The lowest BCUT2D eigenvalue weighted by Crippen LogP contribution is -2.26. The molecule has 2 aliphatic carbocycles. The molecule has 12 aromatic carbocycles. The molecule has 0 N–H and O–H groups in total. The van der Waals surface area contributed by atoms with Gasteiger partial charge >= 0.3 is 0 Å². The van der Waals surface area contributed by atoms with Gasteiger partial charge in [0.15, 0.2) is 0 Å². The van der Waals surface area contributed by atoms with Gasteiger partial charge in [-0.25, -0.2) is 0 Å². The van der Waals surface area contributed by atoms with Crippen molar-refractivity contribution in [3.05, 3.63) is 253 Å². The van der Waals surface area contributed by atoms with Gasteiger partial charge in [0.2, 0.25) is 0 Å². The fraction of sp³-hybridized carbons (Fsp3) is 0.0435. The lowest BCUT2D eigenvalue weighted by atomic mass is 9.69. The van der Waals surface area contributed by atoms with Crippen molar-refractivity contribution in [1.82, 2.24) is 9.13 Å². The molecule has 1 unspecified atom stereocenters. The third kappa shape index (κ3) is 4.96. The average Bonchev–Trinajstić information content (AvgIpc) is 4.12. The van der Waals surface area contributed by atoms with Gasteiger partial charge in [-0.05, 0) is 153 Å². The van der Waals surface area contributed by atoms with Crippen LogP contribution in [0.2, 0.25) is 0 Å². The minimum atomic E-state index is -0.507. The molecule has 2 heterocycles. The maximum absolute atomic E-state index is 2.51. The van der Waals surface area contributed by atoms with Crippen molar-refractivity contribution < 1.29 is 0 Å². The van der Waals surface area contributed by atoms with E-state index in [4.69, 9.17) is 0 Å². The number of nitrogens with zero attached hydrogens (tertiary/aromatic N) is 2. The van der Waals surface area contributed by atoms with Crippen molar-refractivity contribution in [2.24, 2.45) is 14.1 Å². The van der Waals surface area contributed by atoms with Crippen LogP contribution >= 0.6 is 0 Å². The van der Waals surface area contributed by atoms with Crippen LogP contribution in [-0.2, 0) is 19.5 Å². The summed E-state index contributed by atoms with van der Waals surface area (Å²) in [6.45, 7) is 0. The van der Waals surface area contributed by atoms with E-state index in [0.29, 0.717) is 0 Å². The van der Waals surface area contributed by atoms with Crippen LogP contribution in [0.5, 0.6) is 0 Å². The van der Waals surface area contributed by atoms with Gasteiger partial charge in [-0.2, -0.15) is 0 Å². The summed E-state index contributed by atoms with van der Waals surface area (Å²) >= 11 is 0. The highest BCUT2D eigenvalue weighted by Crippen LogP contribution is 2.65. The molecule has 0 radical (unpaired) electrons. The Hall–Kier alpha value is -8.98. The van der Waals surface area contributed by atoms with E-state index in [0.717, 1.165) is 0 Å².